The van der Waals surface area contributed by atoms with Gasteiger partial charge < -0.3 is 10.2 Å². The third-order valence-electron chi connectivity index (χ3n) is 5.93. The van der Waals surface area contributed by atoms with Gasteiger partial charge in [0.05, 0.1) is 10.6 Å². The van der Waals surface area contributed by atoms with E-state index in [9.17, 15) is 22.4 Å². The van der Waals surface area contributed by atoms with Gasteiger partial charge in [-0.15, -0.1) is 0 Å². The summed E-state index contributed by atoms with van der Waals surface area (Å²) < 4.78 is 43.1. The molecule has 0 aliphatic carbocycles. The average Bonchev–Trinajstić information content (AvgIpc) is 2.86. The number of hydrogen-bond donors (Lipinski definition) is 1. The van der Waals surface area contributed by atoms with E-state index in [2.05, 4.69) is 5.32 Å². The molecule has 0 bridgehead atoms. The van der Waals surface area contributed by atoms with Crippen molar-refractivity contribution in [2.24, 2.45) is 0 Å². The average molecular weight is 560 g/mol. The van der Waals surface area contributed by atoms with Crippen molar-refractivity contribution < 1.29 is 22.4 Å². The number of benzene rings is 3. The number of rotatable bonds is 10. The van der Waals surface area contributed by atoms with Crippen LogP contribution in [0.2, 0.25) is 5.02 Å². The Morgan fingerprint density at radius 1 is 0.974 bits per heavy atom. The first kappa shape index (κ1) is 29.1. The SMILES string of the molecule is Cc1cc(Cl)ccc1N(CC(=O)N(Cc1ccccc1F)[C@H](C)C(=O)NC(C)C)S(=O)(=O)c1ccccc1. The highest BCUT2D eigenvalue weighted by Gasteiger charge is 2.33. The van der Waals surface area contributed by atoms with Crippen molar-refractivity contribution in [2.45, 2.75) is 51.2 Å². The van der Waals surface area contributed by atoms with Gasteiger partial charge in [0.25, 0.3) is 10.0 Å². The van der Waals surface area contributed by atoms with E-state index in [4.69, 9.17) is 11.6 Å². The van der Waals surface area contributed by atoms with Crippen LogP contribution >= 0.6 is 11.6 Å². The van der Waals surface area contributed by atoms with Crippen LogP contribution in [0, 0.1) is 12.7 Å². The highest BCUT2D eigenvalue weighted by molar-refractivity contribution is 7.92. The highest BCUT2D eigenvalue weighted by Crippen LogP contribution is 2.29. The summed E-state index contributed by atoms with van der Waals surface area (Å²) in [6.45, 7) is 5.94. The van der Waals surface area contributed by atoms with Crippen molar-refractivity contribution in [2.75, 3.05) is 10.8 Å². The van der Waals surface area contributed by atoms with Gasteiger partial charge in [0.2, 0.25) is 11.8 Å². The molecule has 0 radical (unpaired) electrons. The molecule has 0 spiro atoms. The lowest BCUT2D eigenvalue weighted by Crippen LogP contribution is -2.52. The summed E-state index contributed by atoms with van der Waals surface area (Å²) in [6, 6.07) is 17.2. The lowest BCUT2D eigenvalue weighted by Gasteiger charge is -2.32. The third kappa shape index (κ3) is 6.90. The highest BCUT2D eigenvalue weighted by atomic mass is 35.5. The molecule has 1 atom stereocenters. The molecule has 0 heterocycles. The second kappa shape index (κ2) is 12.4. The van der Waals surface area contributed by atoms with E-state index in [-0.39, 0.29) is 28.7 Å². The first-order valence-electron chi connectivity index (χ1n) is 12.1. The van der Waals surface area contributed by atoms with Gasteiger partial charge in [-0.2, -0.15) is 0 Å². The van der Waals surface area contributed by atoms with Gasteiger partial charge in [0.15, 0.2) is 0 Å². The van der Waals surface area contributed by atoms with Crippen molar-refractivity contribution in [3.05, 3.63) is 94.8 Å². The molecule has 10 heteroatoms. The molecule has 1 N–H and O–H groups in total. The molecule has 0 aliphatic heterocycles. The molecular weight excluding hydrogens is 529 g/mol. The van der Waals surface area contributed by atoms with Crippen LogP contribution in [0.4, 0.5) is 10.1 Å². The number of carbonyl (C=O) groups is 2. The van der Waals surface area contributed by atoms with Crippen LogP contribution in [0.25, 0.3) is 0 Å². The largest absolute Gasteiger partial charge is 0.352 e. The maximum Gasteiger partial charge on any atom is 0.264 e. The topological polar surface area (TPSA) is 86.8 Å². The summed E-state index contributed by atoms with van der Waals surface area (Å²) in [5.74, 6) is -1.65. The van der Waals surface area contributed by atoms with Crippen LogP contribution in [-0.2, 0) is 26.2 Å². The van der Waals surface area contributed by atoms with E-state index >= 15 is 0 Å². The standard InChI is InChI=1S/C28H31ClFN3O4S/c1-19(2)31-28(35)21(4)32(17-22-10-8-9-13-25(22)30)27(34)18-33(26-15-14-23(29)16-20(26)3)38(36,37)24-11-6-5-7-12-24/h5-16,19,21H,17-18H2,1-4H3,(H,31,35)/t21-/m1/s1. The number of aryl methyl sites for hydroxylation is 1. The first-order chi connectivity index (χ1) is 17.9. The molecule has 0 aromatic heterocycles. The van der Waals surface area contributed by atoms with Crippen LogP contribution in [0.3, 0.4) is 0 Å². The number of hydrogen-bond acceptors (Lipinski definition) is 4. The normalized spacial score (nSPS) is 12.2. The van der Waals surface area contributed by atoms with E-state index in [1.54, 1.807) is 51.1 Å². The number of sulfonamides is 1. The predicted molar refractivity (Wildman–Crippen MR) is 147 cm³/mol. The Labute approximate surface area is 228 Å². The Balaban J connectivity index is 2.07. The molecule has 3 aromatic carbocycles. The molecular formula is C28H31ClFN3O4S. The molecule has 0 aliphatic rings. The Morgan fingerprint density at radius 3 is 2.21 bits per heavy atom. The van der Waals surface area contributed by atoms with E-state index in [1.807, 2.05) is 0 Å². The minimum atomic E-state index is -4.20. The number of amides is 2. The Kier molecular flexibility index (Phi) is 9.51. The van der Waals surface area contributed by atoms with Crippen molar-refractivity contribution in [1.29, 1.82) is 0 Å². The summed E-state index contributed by atoms with van der Waals surface area (Å²) in [6.07, 6.45) is 0. The van der Waals surface area contributed by atoms with Gasteiger partial charge in [-0.05, 0) is 69.7 Å². The molecule has 202 valence electrons. The number of halogens is 2. The summed E-state index contributed by atoms with van der Waals surface area (Å²) >= 11 is 6.11. The van der Waals surface area contributed by atoms with Gasteiger partial charge in [-0.1, -0.05) is 48.0 Å². The van der Waals surface area contributed by atoms with E-state index in [0.717, 1.165) is 4.31 Å². The zero-order valence-corrected chi connectivity index (χ0v) is 23.3. The molecule has 3 aromatic rings. The lowest BCUT2D eigenvalue weighted by atomic mass is 10.1. The van der Waals surface area contributed by atoms with Gasteiger partial charge in [0, 0.05) is 23.2 Å². The number of anilines is 1. The van der Waals surface area contributed by atoms with Crippen LogP contribution in [0.5, 0.6) is 0 Å². The smallest absolute Gasteiger partial charge is 0.264 e. The van der Waals surface area contributed by atoms with E-state index < -0.39 is 40.2 Å². The van der Waals surface area contributed by atoms with Crippen molar-refractivity contribution in [1.82, 2.24) is 10.2 Å². The van der Waals surface area contributed by atoms with E-state index in [0.29, 0.717) is 10.6 Å². The fourth-order valence-corrected chi connectivity index (χ4v) is 5.66. The molecule has 38 heavy (non-hydrogen) atoms. The minimum Gasteiger partial charge on any atom is -0.352 e. The number of nitrogens with one attached hydrogen (secondary N) is 1. The van der Waals surface area contributed by atoms with Crippen molar-refractivity contribution in [3.8, 4) is 0 Å². The van der Waals surface area contributed by atoms with Gasteiger partial charge >= 0.3 is 0 Å². The molecule has 0 unspecified atom stereocenters. The van der Waals surface area contributed by atoms with Crippen LogP contribution in [0.15, 0.2) is 77.7 Å². The summed E-state index contributed by atoms with van der Waals surface area (Å²) in [5, 5.41) is 3.17. The maximum absolute atomic E-state index is 14.6. The molecule has 3 rings (SSSR count). The zero-order valence-electron chi connectivity index (χ0n) is 21.7. The second-order valence-corrected chi connectivity index (χ2v) is 11.5. The Hall–Kier alpha value is -3.43. The van der Waals surface area contributed by atoms with Gasteiger partial charge in [-0.25, -0.2) is 12.8 Å². The van der Waals surface area contributed by atoms with Crippen LogP contribution < -0.4 is 9.62 Å². The Morgan fingerprint density at radius 2 is 1.61 bits per heavy atom. The molecule has 0 saturated heterocycles. The lowest BCUT2D eigenvalue weighted by molar-refractivity contribution is -0.139. The monoisotopic (exact) mass is 559 g/mol. The van der Waals surface area contributed by atoms with Gasteiger partial charge in [-0.3, -0.25) is 13.9 Å². The summed E-state index contributed by atoms with van der Waals surface area (Å²) in [7, 11) is -4.20. The zero-order chi connectivity index (χ0) is 28.0. The van der Waals surface area contributed by atoms with Gasteiger partial charge in [0.1, 0.15) is 18.4 Å². The maximum atomic E-state index is 14.6. The molecule has 0 fully saturated rings. The molecule has 7 nitrogen and oxygen atoms in total. The molecule has 0 saturated carbocycles. The number of carbonyl (C=O) groups excluding carboxylic acids is 2. The predicted octanol–water partition coefficient (Wildman–Crippen LogP) is 4.92. The van der Waals surface area contributed by atoms with Crippen molar-refractivity contribution in [3.63, 3.8) is 0 Å². The van der Waals surface area contributed by atoms with E-state index in [1.165, 1.54) is 54.3 Å². The quantitative estimate of drug-likeness (QED) is 0.382. The van der Waals surface area contributed by atoms with Crippen LogP contribution in [-0.4, -0.2) is 43.8 Å². The second-order valence-electron chi connectivity index (χ2n) is 9.21. The summed E-state index contributed by atoms with van der Waals surface area (Å²) in [5.41, 5.74) is 0.998. The third-order valence-corrected chi connectivity index (χ3v) is 7.94. The number of nitrogens with zero attached hydrogens (tertiary/aromatic N) is 2. The first-order valence-corrected chi connectivity index (χ1v) is 13.9. The molecule has 2 amide bonds. The Bertz CT molecular complexity index is 1400. The van der Waals surface area contributed by atoms with Crippen molar-refractivity contribution >= 4 is 39.1 Å². The fraction of sp³-hybridized carbons (Fsp3) is 0.286. The fourth-order valence-electron chi connectivity index (χ4n) is 3.93. The summed E-state index contributed by atoms with van der Waals surface area (Å²) in [4.78, 5) is 27.9. The minimum absolute atomic E-state index is 0.00611. The van der Waals surface area contributed by atoms with Crippen LogP contribution in [0.1, 0.15) is 31.9 Å².